The molecule has 3 aliphatic heterocycles. The quantitative estimate of drug-likeness (QED) is 0.0208. The van der Waals surface area contributed by atoms with Crippen molar-refractivity contribution in [1.82, 2.24) is 10.2 Å². The van der Waals surface area contributed by atoms with Gasteiger partial charge in [-0.3, -0.25) is 14.4 Å². The molecule has 3 heterocycles. The van der Waals surface area contributed by atoms with E-state index in [1.165, 1.54) is 38.0 Å². The monoisotopic (exact) mass is 1130 g/mol. The number of fused-ring (bicyclic) bond motifs is 4. The highest BCUT2D eigenvalue weighted by atomic mass is 16.7. The van der Waals surface area contributed by atoms with Crippen LogP contribution in [0.4, 0.5) is 9.59 Å². The number of azide groups is 1. The number of benzene rings is 4. The van der Waals surface area contributed by atoms with Gasteiger partial charge in [-0.15, -0.1) is 0 Å². The number of unbranched alkanes of at least 4 members (excludes halogenated alkanes) is 1. The molecule has 14 atom stereocenters. The van der Waals surface area contributed by atoms with Gasteiger partial charge in [-0.2, -0.15) is 0 Å². The number of carbonyl (C=O) groups excluding carboxylic acids is 7. The lowest BCUT2D eigenvalue weighted by atomic mass is 9.73. The number of rotatable bonds is 16. The molecule has 0 bridgehead atoms. The van der Waals surface area contributed by atoms with Gasteiger partial charge in [0.2, 0.25) is 0 Å². The smallest absolute Gasteiger partial charge is 0.410 e. The number of ketones is 2. The summed E-state index contributed by atoms with van der Waals surface area (Å²) < 4.78 is 51.0. The zero-order chi connectivity index (χ0) is 59.0. The molecule has 3 fully saturated rings. The Kier molecular flexibility index (Phi) is 19.2. The molecule has 0 spiro atoms. The second-order valence-electron chi connectivity index (χ2n) is 22.1. The summed E-state index contributed by atoms with van der Waals surface area (Å²) in [4.78, 5) is 106. The number of amides is 2. The molecule has 1 N–H and O–H groups in total. The number of carbonyl (C=O) groups is 7. The third kappa shape index (κ3) is 12.5. The van der Waals surface area contributed by atoms with Gasteiger partial charge in [-0.05, 0) is 105 Å². The Bertz CT molecular complexity index is 2980. The van der Waals surface area contributed by atoms with Gasteiger partial charge in [0.1, 0.15) is 30.5 Å². The Labute approximate surface area is 477 Å². The molecule has 4 aliphatic rings. The number of nitrogens with one attached hydrogen (secondary N) is 1. The van der Waals surface area contributed by atoms with Crippen molar-refractivity contribution in [1.29, 1.82) is 0 Å². The maximum absolute atomic E-state index is 15.1. The minimum absolute atomic E-state index is 0.106. The third-order valence-electron chi connectivity index (χ3n) is 16.8. The van der Waals surface area contributed by atoms with Gasteiger partial charge >= 0.3 is 30.1 Å². The van der Waals surface area contributed by atoms with Crippen molar-refractivity contribution in [3.63, 3.8) is 0 Å². The van der Waals surface area contributed by atoms with Crippen LogP contribution in [0.2, 0.25) is 0 Å². The molecule has 20 nitrogen and oxygen atoms in total. The number of methoxy groups -OCH3 is 1. The zero-order valence-electron chi connectivity index (χ0n) is 47.8. The third-order valence-corrected chi connectivity index (χ3v) is 16.8. The fourth-order valence-corrected chi connectivity index (χ4v) is 12.5. The van der Waals surface area contributed by atoms with Gasteiger partial charge in [0.15, 0.2) is 29.9 Å². The molecular formula is C62H73N5O15. The Morgan fingerprint density at radius 3 is 1.91 bits per heavy atom. The van der Waals surface area contributed by atoms with Gasteiger partial charge < -0.3 is 48.1 Å². The fourth-order valence-electron chi connectivity index (χ4n) is 12.5. The van der Waals surface area contributed by atoms with Crippen molar-refractivity contribution in [3.8, 4) is 11.1 Å². The molecule has 0 saturated carbocycles. The van der Waals surface area contributed by atoms with E-state index in [1.807, 2.05) is 48.5 Å². The number of hydrogen-bond donors (Lipinski definition) is 1. The number of cyclic esters (lactones) is 1. The van der Waals surface area contributed by atoms with Gasteiger partial charge in [0, 0.05) is 48.8 Å². The summed E-state index contributed by atoms with van der Waals surface area (Å²) in [6.45, 7) is 13.1. The number of esters is 3. The van der Waals surface area contributed by atoms with E-state index in [4.69, 9.17) is 43.4 Å². The van der Waals surface area contributed by atoms with Crippen LogP contribution in [0.5, 0.6) is 0 Å². The molecule has 20 heteroatoms. The lowest BCUT2D eigenvalue weighted by Crippen LogP contribution is -2.67. The molecule has 4 aromatic rings. The Morgan fingerprint density at radius 1 is 0.768 bits per heavy atom. The molecule has 2 amide bonds. The SMILES string of the molecule is CC[C@H]1OC(=O)[C@H](C)C(=O)[C@H](C)[C@@H](OC2OC(C)C(OC(=O)c3ccccc3)C(NC(=O)OCC3c4ccccc4-c4ccccc43)C2OC(=O)c2ccccc2)[C@@](C)(OC)C[C@@H](C)C(=O)[C@H](C)[C@H]2N(CCCCN=[N+]=[N-])C(=O)O[C@]12C. The van der Waals surface area contributed by atoms with Crippen LogP contribution in [0.3, 0.4) is 0 Å². The molecule has 3 saturated heterocycles. The van der Waals surface area contributed by atoms with Crippen LogP contribution in [0.15, 0.2) is 114 Å². The summed E-state index contributed by atoms with van der Waals surface area (Å²) in [5.41, 5.74) is 9.91. The van der Waals surface area contributed by atoms with Crippen molar-refractivity contribution in [2.24, 2.45) is 28.8 Å². The molecule has 4 aromatic carbocycles. The predicted molar refractivity (Wildman–Crippen MR) is 298 cm³/mol. The van der Waals surface area contributed by atoms with Crippen LogP contribution in [0.1, 0.15) is 119 Å². The van der Waals surface area contributed by atoms with Crippen LogP contribution >= 0.6 is 0 Å². The molecule has 82 heavy (non-hydrogen) atoms. The van der Waals surface area contributed by atoms with E-state index in [9.17, 15) is 24.0 Å². The summed E-state index contributed by atoms with van der Waals surface area (Å²) in [6, 6.07) is 29.4. The molecule has 0 radical (unpaired) electrons. The fraction of sp³-hybridized carbons (Fsp3) is 0.500. The number of hydrogen-bond acceptors (Lipinski definition) is 16. The van der Waals surface area contributed by atoms with Crippen LogP contribution in [0.25, 0.3) is 21.6 Å². The van der Waals surface area contributed by atoms with E-state index < -0.39 is 120 Å². The van der Waals surface area contributed by atoms with Gasteiger partial charge in [-0.25, -0.2) is 19.2 Å². The summed E-state index contributed by atoms with van der Waals surface area (Å²) in [6.07, 6.45) is -9.26. The second-order valence-corrected chi connectivity index (χ2v) is 22.1. The van der Waals surface area contributed by atoms with Crippen molar-refractivity contribution < 1.29 is 71.5 Å². The summed E-state index contributed by atoms with van der Waals surface area (Å²) in [7, 11) is 1.39. The highest BCUT2D eigenvalue weighted by Crippen LogP contribution is 2.46. The number of Topliss-reactive ketones (excluding diaryl/α,β-unsaturated/α-hetero) is 2. The molecular weight excluding hydrogens is 1050 g/mol. The molecule has 8 rings (SSSR count). The maximum atomic E-state index is 15.1. The first kappa shape index (κ1) is 60.5. The standard InChI is InChI=1S/C62H73N5O15/c1-10-47-62(8)53(67(60(74)82-62)32-22-21-31-64-66-63)36(3)49(68)35(2)33-61(7,75-9)54(37(4)50(69)38(5)55(70)78-47)81-58-52(80-57(72)41-25-15-12-16-26-41)48(51(39(6)77-58)79-56(71)40-23-13-11-14-24-40)65-59(73)76-34-46-44-29-19-17-27-42(44)43-28-18-20-30-45(43)46/h11-20,23-30,35-39,46-48,51-54,58H,10,21-22,31-34H2,1-9H3,(H,65,73)/t35-,36+,37+,38-,39?,47-,48?,51?,52?,53-,54-,58?,61+,62-/m1/s1. The van der Waals surface area contributed by atoms with E-state index in [1.54, 1.807) is 90.1 Å². The van der Waals surface area contributed by atoms with Crippen molar-refractivity contribution in [3.05, 3.63) is 142 Å². The Morgan fingerprint density at radius 2 is 1.34 bits per heavy atom. The lowest BCUT2D eigenvalue weighted by Gasteiger charge is -2.48. The predicted octanol–water partition coefficient (Wildman–Crippen LogP) is 9.96. The first-order chi connectivity index (χ1) is 39.3. The van der Waals surface area contributed by atoms with E-state index >= 15 is 9.59 Å². The number of nitrogens with zero attached hydrogens (tertiary/aromatic N) is 4. The van der Waals surface area contributed by atoms with Crippen molar-refractivity contribution in [2.45, 2.75) is 147 Å². The van der Waals surface area contributed by atoms with E-state index in [0.29, 0.717) is 12.8 Å². The molecule has 436 valence electrons. The minimum atomic E-state index is -1.70. The normalized spacial score (nSPS) is 30.3. The highest BCUT2D eigenvalue weighted by molar-refractivity contribution is 6.00. The minimum Gasteiger partial charge on any atom is -0.458 e. The van der Waals surface area contributed by atoms with Crippen LogP contribution in [0, 0.1) is 23.7 Å². The molecule has 5 unspecified atom stereocenters. The summed E-state index contributed by atoms with van der Waals surface area (Å²) in [5, 5.41) is 6.49. The maximum Gasteiger partial charge on any atom is 0.410 e. The van der Waals surface area contributed by atoms with E-state index in [2.05, 4.69) is 15.3 Å². The Hall–Kier alpha value is -7.64. The van der Waals surface area contributed by atoms with Gasteiger partial charge in [0.05, 0.1) is 35.0 Å². The van der Waals surface area contributed by atoms with Gasteiger partial charge in [0.25, 0.3) is 0 Å². The highest BCUT2D eigenvalue weighted by Gasteiger charge is 2.61. The van der Waals surface area contributed by atoms with Crippen LogP contribution in [-0.4, -0.2) is 133 Å². The van der Waals surface area contributed by atoms with Crippen molar-refractivity contribution in [2.75, 3.05) is 26.8 Å². The summed E-state index contributed by atoms with van der Waals surface area (Å²) >= 11 is 0. The Balaban J connectivity index is 1.18. The molecule has 0 aromatic heterocycles. The van der Waals surface area contributed by atoms with E-state index in [-0.39, 0.29) is 55.4 Å². The number of alkyl carbamates (subject to hydrolysis) is 1. The average Bonchev–Trinajstić information content (AvgIpc) is 2.79. The first-order valence-electron chi connectivity index (χ1n) is 28.0. The molecule has 1 aliphatic carbocycles. The summed E-state index contributed by atoms with van der Waals surface area (Å²) in [5.74, 6) is -8.42. The first-order valence-corrected chi connectivity index (χ1v) is 28.0. The topological polar surface area (TPSA) is 257 Å². The van der Waals surface area contributed by atoms with Gasteiger partial charge in [-0.1, -0.05) is 118 Å². The zero-order valence-corrected chi connectivity index (χ0v) is 47.8. The van der Waals surface area contributed by atoms with Crippen molar-refractivity contribution >= 4 is 41.7 Å². The van der Waals surface area contributed by atoms with Crippen LogP contribution in [-0.2, 0) is 52.3 Å². The number of ether oxygens (including phenoxy) is 8. The lowest BCUT2D eigenvalue weighted by molar-refractivity contribution is -0.305. The van der Waals surface area contributed by atoms with Crippen LogP contribution < -0.4 is 5.32 Å². The largest absolute Gasteiger partial charge is 0.458 e. The van der Waals surface area contributed by atoms with E-state index in [0.717, 1.165) is 22.3 Å². The second kappa shape index (κ2) is 26.1. The average molecular weight is 1130 g/mol.